The van der Waals surface area contributed by atoms with Gasteiger partial charge in [-0.2, -0.15) is 4.57 Å². The number of fused-ring (bicyclic) bond motifs is 2. The minimum Gasteiger partial charge on any atom is -0.383 e. The second-order valence-electron chi connectivity index (χ2n) is 9.30. The van der Waals surface area contributed by atoms with E-state index < -0.39 is 0 Å². The van der Waals surface area contributed by atoms with E-state index >= 15 is 0 Å². The van der Waals surface area contributed by atoms with Crippen LogP contribution in [0, 0.1) is 0 Å². The van der Waals surface area contributed by atoms with Crippen molar-refractivity contribution < 1.29 is 4.57 Å². The minimum atomic E-state index is 0.618. The van der Waals surface area contributed by atoms with Crippen LogP contribution in [0.3, 0.4) is 0 Å². The van der Waals surface area contributed by atoms with Crippen molar-refractivity contribution in [3.63, 3.8) is 0 Å². The Morgan fingerprint density at radius 2 is 1.32 bits per heavy atom. The molecule has 4 nitrogen and oxygen atoms in total. The van der Waals surface area contributed by atoms with Crippen molar-refractivity contribution in [1.82, 2.24) is 4.98 Å². The Hall–Kier alpha value is -3.14. The third-order valence-electron chi connectivity index (χ3n) is 7.02. The molecule has 0 unspecified atom stereocenters. The zero-order valence-electron chi connectivity index (χ0n) is 21.0. The Kier molecular flexibility index (Phi) is 7.66. The zero-order valence-corrected chi connectivity index (χ0v) is 21.0. The van der Waals surface area contributed by atoms with Gasteiger partial charge >= 0.3 is 0 Å². The monoisotopic (exact) mass is 455 g/mol. The highest BCUT2D eigenvalue weighted by Gasteiger charge is 2.27. The van der Waals surface area contributed by atoms with Gasteiger partial charge in [-0.05, 0) is 55.9 Å². The number of rotatable bonds is 10. The van der Waals surface area contributed by atoms with Crippen molar-refractivity contribution >= 4 is 33.4 Å². The number of nitrogens with zero attached hydrogens (tertiary/aromatic N) is 2. The van der Waals surface area contributed by atoms with Gasteiger partial charge in [0.2, 0.25) is 0 Å². The normalized spacial score (nSPS) is 11.5. The van der Waals surface area contributed by atoms with Gasteiger partial charge < -0.3 is 5.73 Å². The molecule has 2 aromatic heterocycles. The van der Waals surface area contributed by atoms with Crippen molar-refractivity contribution in [3.8, 4) is 5.69 Å². The van der Waals surface area contributed by atoms with Gasteiger partial charge in [0.25, 0.3) is 5.82 Å². The Labute approximate surface area is 204 Å². The highest BCUT2D eigenvalue weighted by molar-refractivity contribution is 5.91. The van der Waals surface area contributed by atoms with Gasteiger partial charge in [0.15, 0.2) is 0 Å². The van der Waals surface area contributed by atoms with E-state index in [0.717, 1.165) is 65.6 Å². The van der Waals surface area contributed by atoms with E-state index in [4.69, 9.17) is 16.5 Å². The molecule has 2 aromatic carbocycles. The van der Waals surface area contributed by atoms with Crippen LogP contribution in [0.4, 0.5) is 11.6 Å². The zero-order chi connectivity index (χ0) is 24.1. The number of para-hydroxylation sites is 2. The molecule has 4 aromatic rings. The molecule has 0 atom stereocenters. The molecule has 0 radical (unpaired) electrons. The molecular weight excluding hydrogens is 416 g/mol. The van der Waals surface area contributed by atoms with Gasteiger partial charge in [-0.15, -0.1) is 0 Å². The number of pyridine rings is 2. The molecule has 0 saturated heterocycles. The number of nitrogen functional groups attached to an aromatic ring is 2. The first kappa shape index (κ1) is 24.0. The van der Waals surface area contributed by atoms with Crippen LogP contribution in [0.25, 0.3) is 27.5 Å². The van der Waals surface area contributed by atoms with E-state index in [0.29, 0.717) is 5.82 Å². The number of nitrogens with two attached hydrogens (primary N) is 2. The summed E-state index contributed by atoms with van der Waals surface area (Å²) in [5.74, 6) is 1.46. The lowest BCUT2D eigenvalue weighted by molar-refractivity contribution is -0.550. The molecule has 4 N–H and O–H groups in total. The largest absolute Gasteiger partial charge is 0.383 e. The fourth-order valence-corrected chi connectivity index (χ4v) is 5.29. The van der Waals surface area contributed by atoms with Crippen LogP contribution in [0.1, 0.15) is 76.0 Å². The molecule has 0 spiro atoms. The number of aryl methyl sites for hydroxylation is 1. The van der Waals surface area contributed by atoms with Crippen LogP contribution in [-0.4, -0.2) is 4.98 Å². The molecule has 0 aliphatic carbocycles. The van der Waals surface area contributed by atoms with Crippen molar-refractivity contribution in [2.75, 3.05) is 11.5 Å². The second kappa shape index (κ2) is 10.9. The maximum absolute atomic E-state index is 7.11. The molecule has 0 fully saturated rings. The quantitative estimate of drug-likeness (QED) is 0.203. The molecule has 4 heteroatoms. The van der Waals surface area contributed by atoms with Crippen molar-refractivity contribution in [1.29, 1.82) is 0 Å². The molecule has 4 rings (SSSR count). The highest BCUT2D eigenvalue weighted by atomic mass is 15.1. The first-order chi connectivity index (χ1) is 16.6. The lowest BCUT2D eigenvalue weighted by Gasteiger charge is -2.20. The molecule has 2 heterocycles. The van der Waals surface area contributed by atoms with Crippen LogP contribution in [0.2, 0.25) is 0 Å². The maximum atomic E-state index is 7.11. The Morgan fingerprint density at radius 1 is 0.706 bits per heavy atom. The summed E-state index contributed by atoms with van der Waals surface area (Å²) in [6, 6.07) is 17.0. The molecule has 0 bridgehead atoms. The summed E-state index contributed by atoms with van der Waals surface area (Å²) in [6.45, 7) is 6.72. The summed E-state index contributed by atoms with van der Waals surface area (Å²) < 4.78 is 2.29. The van der Waals surface area contributed by atoms with E-state index in [1.807, 2.05) is 12.1 Å². The fraction of sp³-hybridized carbons (Fsp3) is 0.400. The number of unbranched alkanes of at least 4 members (excludes halogenated alkanes) is 4. The molecule has 0 aliphatic heterocycles. The molecular formula is C30H39N4+. The van der Waals surface area contributed by atoms with Crippen LogP contribution in [-0.2, 0) is 19.3 Å². The summed E-state index contributed by atoms with van der Waals surface area (Å²) in [6.07, 6.45) is 9.84. The first-order valence-corrected chi connectivity index (χ1v) is 13.0. The number of aromatic nitrogens is 2. The van der Waals surface area contributed by atoms with Gasteiger partial charge in [-0.1, -0.05) is 76.8 Å². The van der Waals surface area contributed by atoms with Crippen molar-refractivity contribution in [2.45, 2.75) is 78.6 Å². The summed E-state index contributed by atoms with van der Waals surface area (Å²) in [5.41, 5.74) is 20.7. The number of hydrogen-bond donors (Lipinski definition) is 2. The smallest absolute Gasteiger partial charge is 0.281 e. The molecule has 0 saturated carbocycles. The Bertz CT molecular complexity index is 1290. The minimum absolute atomic E-state index is 0.618. The number of anilines is 2. The molecule has 34 heavy (non-hydrogen) atoms. The fourth-order valence-electron chi connectivity index (χ4n) is 5.29. The first-order valence-electron chi connectivity index (χ1n) is 13.0. The van der Waals surface area contributed by atoms with E-state index in [1.54, 1.807) is 0 Å². The van der Waals surface area contributed by atoms with E-state index in [9.17, 15) is 0 Å². The van der Waals surface area contributed by atoms with E-state index in [-0.39, 0.29) is 0 Å². The summed E-state index contributed by atoms with van der Waals surface area (Å²) in [4.78, 5) is 4.79. The summed E-state index contributed by atoms with van der Waals surface area (Å²) >= 11 is 0. The summed E-state index contributed by atoms with van der Waals surface area (Å²) in [5, 5.41) is 2.39. The van der Waals surface area contributed by atoms with Crippen LogP contribution in [0.5, 0.6) is 0 Å². The van der Waals surface area contributed by atoms with Gasteiger partial charge in [0.1, 0.15) is 17.0 Å². The SMILES string of the molecule is CCCCCc1c(N)nc2ccccc2c1-[n+]1c(N)c(CCCCC)c(CC)c2ccccc21. The van der Waals surface area contributed by atoms with Gasteiger partial charge in [0, 0.05) is 21.9 Å². The standard InChI is InChI=1S/C30H38N4/c1-4-7-9-16-23-21(6-3)22-15-12-14-20-27(22)34(30(23)32)28-24-17-11-13-19-26(24)33-29(31)25(28)18-10-8-5-2/h11-15,17,19-20,32H,4-10,16,18H2,1-3H3,(H2,31,33)/p+1. The highest BCUT2D eigenvalue weighted by Crippen LogP contribution is 2.32. The predicted molar refractivity (Wildman–Crippen MR) is 145 cm³/mol. The number of benzene rings is 2. The average Bonchev–Trinajstić information content (AvgIpc) is 2.85. The Balaban J connectivity index is 2.09. The van der Waals surface area contributed by atoms with Crippen molar-refractivity contribution in [2.24, 2.45) is 0 Å². The van der Waals surface area contributed by atoms with Gasteiger partial charge in [-0.3, -0.25) is 5.73 Å². The molecule has 0 amide bonds. The third kappa shape index (κ3) is 4.46. The maximum Gasteiger partial charge on any atom is 0.281 e. The second-order valence-corrected chi connectivity index (χ2v) is 9.30. The Morgan fingerprint density at radius 3 is 2.00 bits per heavy atom. The van der Waals surface area contributed by atoms with Gasteiger partial charge in [-0.25, -0.2) is 4.98 Å². The van der Waals surface area contributed by atoms with Crippen LogP contribution < -0.4 is 16.0 Å². The number of hydrogen-bond acceptors (Lipinski definition) is 3. The topological polar surface area (TPSA) is 68.8 Å². The van der Waals surface area contributed by atoms with E-state index in [2.05, 4.69) is 61.7 Å². The average molecular weight is 456 g/mol. The molecule has 178 valence electrons. The van der Waals surface area contributed by atoms with Crippen molar-refractivity contribution in [3.05, 3.63) is 65.2 Å². The lowest BCUT2D eigenvalue weighted by atomic mass is 9.94. The van der Waals surface area contributed by atoms with Crippen LogP contribution in [0.15, 0.2) is 48.5 Å². The van der Waals surface area contributed by atoms with Gasteiger partial charge in [0.05, 0.1) is 5.52 Å². The van der Waals surface area contributed by atoms with Crippen LogP contribution >= 0.6 is 0 Å². The molecule has 0 aliphatic rings. The lowest BCUT2D eigenvalue weighted by Crippen LogP contribution is -2.39. The van der Waals surface area contributed by atoms with E-state index in [1.165, 1.54) is 42.2 Å². The predicted octanol–water partition coefficient (Wildman–Crippen LogP) is 6.86. The third-order valence-corrected chi connectivity index (χ3v) is 7.02. The summed E-state index contributed by atoms with van der Waals surface area (Å²) in [7, 11) is 0.